The minimum Gasteiger partial charge on any atom is -0.394 e. The van der Waals surface area contributed by atoms with E-state index in [1.54, 1.807) is 0 Å². The molecule has 1 fully saturated rings. The third kappa shape index (κ3) is 21.8. The third-order valence-electron chi connectivity index (χ3n) is 9.73. The van der Waals surface area contributed by atoms with E-state index in [1.165, 1.54) is 77.0 Å². The summed E-state index contributed by atoms with van der Waals surface area (Å²) < 4.78 is 11.1. The third-order valence-corrected chi connectivity index (χ3v) is 9.73. The summed E-state index contributed by atoms with van der Waals surface area (Å²) in [5.74, 6) is -0.596. The van der Waals surface area contributed by atoms with Crippen molar-refractivity contribution in [3.63, 3.8) is 0 Å². The van der Waals surface area contributed by atoms with Crippen LogP contribution in [-0.4, -0.2) is 98.7 Å². The number of aliphatic hydroxyl groups excluding tert-OH is 6. The molecule has 0 radical (unpaired) electrons. The number of carbonyl (C=O) groups is 1. The number of hydrogen-bond donors (Lipinski definition) is 7. The Morgan fingerprint density at radius 2 is 1.16 bits per heavy atom. The lowest BCUT2D eigenvalue weighted by Crippen LogP contribution is -2.60. The number of nitrogens with one attached hydrogen (secondary N) is 1. The van der Waals surface area contributed by atoms with Gasteiger partial charge in [-0.3, -0.25) is 4.79 Å². The number of rotatable bonds is 32. The van der Waals surface area contributed by atoms with Gasteiger partial charge in [0.1, 0.15) is 30.5 Å². The van der Waals surface area contributed by atoms with Crippen LogP contribution in [0.25, 0.3) is 0 Å². The average molecular weight is 702 g/mol. The highest BCUT2D eigenvalue weighted by molar-refractivity contribution is 5.80. The fraction of sp³-hybridized carbons (Fsp3) is 0.923. The first-order valence-electron chi connectivity index (χ1n) is 20.0. The van der Waals surface area contributed by atoms with Gasteiger partial charge in [-0.1, -0.05) is 148 Å². The molecule has 0 saturated carbocycles. The van der Waals surface area contributed by atoms with E-state index in [1.807, 2.05) is 0 Å². The normalized spacial score (nSPS) is 23.1. The number of amides is 1. The van der Waals surface area contributed by atoms with E-state index in [9.17, 15) is 35.4 Å². The molecule has 0 bridgehead atoms. The van der Waals surface area contributed by atoms with E-state index in [0.717, 1.165) is 57.8 Å². The number of hydrogen-bond acceptors (Lipinski definition) is 9. The molecule has 0 aromatic rings. The summed E-state index contributed by atoms with van der Waals surface area (Å²) in [6, 6.07) is -0.893. The maximum Gasteiger partial charge on any atom is 0.249 e. The van der Waals surface area contributed by atoms with Gasteiger partial charge in [0, 0.05) is 0 Å². The molecule has 1 aliphatic heterocycles. The molecule has 1 heterocycles. The van der Waals surface area contributed by atoms with Crippen molar-refractivity contribution >= 4 is 5.91 Å². The van der Waals surface area contributed by atoms with E-state index in [2.05, 4.69) is 31.3 Å². The molecule has 1 rings (SSSR count). The molecular formula is C39H75NO9. The molecule has 1 saturated heterocycles. The molecule has 8 unspecified atom stereocenters. The van der Waals surface area contributed by atoms with Crippen LogP contribution in [0.1, 0.15) is 168 Å². The topological polar surface area (TPSA) is 169 Å². The molecule has 0 aliphatic carbocycles. The molecule has 7 N–H and O–H groups in total. The zero-order valence-electron chi connectivity index (χ0n) is 31.1. The average Bonchev–Trinajstić information content (AvgIpc) is 3.10. The Morgan fingerprint density at radius 1 is 0.673 bits per heavy atom. The van der Waals surface area contributed by atoms with Crippen molar-refractivity contribution in [2.75, 3.05) is 13.2 Å². The zero-order valence-corrected chi connectivity index (χ0v) is 31.1. The highest BCUT2D eigenvalue weighted by Gasteiger charge is 2.44. The molecule has 49 heavy (non-hydrogen) atoms. The maximum absolute atomic E-state index is 12.9. The van der Waals surface area contributed by atoms with Crippen LogP contribution in [0.2, 0.25) is 0 Å². The van der Waals surface area contributed by atoms with Crippen LogP contribution < -0.4 is 5.32 Å². The molecule has 0 aromatic carbocycles. The van der Waals surface area contributed by atoms with E-state index in [0.29, 0.717) is 19.3 Å². The molecular weight excluding hydrogens is 626 g/mol. The van der Waals surface area contributed by atoms with Crippen molar-refractivity contribution in [3.8, 4) is 0 Å². The van der Waals surface area contributed by atoms with Gasteiger partial charge in [-0.2, -0.15) is 0 Å². The van der Waals surface area contributed by atoms with Gasteiger partial charge in [0.25, 0.3) is 0 Å². The van der Waals surface area contributed by atoms with Crippen molar-refractivity contribution < 1.29 is 44.9 Å². The van der Waals surface area contributed by atoms with Crippen molar-refractivity contribution in [2.24, 2.45) is 0 Å². The fourth-order valence-corrected chi connectivity index (χ4v) is 6.32. The zero-order chi connectivity index (χ0) is 36.1. The second-order valence-corrected chi connectivity index (χ2v) is 14.2. The van der Waals surface area contributed by atoms with Crippen LogP contribution in [0.4, 0.5) is 0 Å². The Bertz CT molecular complexity index is 798. The largest absolute Gasteiger partial charge is 0.394 e. The molecule has 0 aromatic heterocycles. The smallest absolute Gasteiger partial charge is 0.249 e. The van der Waals surface area contributed by atoms with Crippen LogP contribution in [0.15, 0.2) is 12.2 Å². The van der Waals surface area contributed by atoms with E-state index in [-0.39, 0.29) is 6.61 Å². The summed E-state index contributed by atoms with van der Waals surface area (Å²) in [6.07, 6.45) is 21.2. The summed E-state index contributed by atoms with van der Waals surface area (Å²) in [4.78, 5) is 12.9. The van der Waals surface area contributed by atoms with Gasteiger partial charge in [0.05, 0.1) is 25.4 Å². The second kappa shape index (κ2) is 30.5. The standard InChI is InChI=1S/C39H75NO9/c1-3-5-7-9-11-13-15-16-17-18-20-21-23-25-27-32(42)31(30-48-39-37(46)36(45)35(44)34(29-41)49-39)40-38(47)33(43)28-26-24-22-19-14-12-10-8-6-4-2/h10,12,31-37,39,41-46H,3-9,11,13-30H2,1-2H3,(H,40,47)/b12-10-. The first kappa shape index (κ1) is 45.9. The Kier molecular flexibility index (Phi) is 28.6. The lowest BCUT2D eigenvalue weighted by atomic mass is 9.99. The predicted molar refractivity (Wildman–Crippen MR) is 195 cm³/mol. The monoisotopic (exact) mass is 702 g/mol. The van der Waals surface area contributed by atoms with Gasteiger partial charge in [-0.05, 0) is 32.1 Å². The first-order chi connectivity index (χ1) is 23.8. The van der Waals surface area contributed by atoms with Crippen molar-refractivity contribution in [1.82, 2.24) is 5.32 Å². The number of unbranched alkanes of at least 4 members (excludes halogenated alkanes) is 19. The maximum atomic E-state index is 12.9. The van der Waals surface area contributed by atoms with Crippen LogP contribution in [0.5, 0.6) is 0 Å². The molecule has 1 amide bonds. The lowest BCUT2D eigenvalue weighted by molar-refractivity contribution is -0.302. The predicted octanol–water partition coefficient (Wildman–Crippen LogP) is 5.97. The van der Waals surface area contributed by atoms with Gasteiger partial charge in [0.2, 0.25) is 5.91 Å². The summed E-state index contributed by atoms with van der Waals surface area (Å²) in [7, 11) is 0. The summed E-state index contributed by atoms with van der Waals surface area (Å²) in [5.41, 5.74) is 0. The molecule has 1 aliphatic rings. The Hall–Kier alpha value is -1.11. The van der Waals surface area contributed by atoms with Crippen molar-refractivity contribution in [2.45, 2.75) is 217 Å². The molecule has 8 atom stereocenters. The van der Waals surface area contributed by atoms with Crippen LogP contribution in [0, 0.1) is 0 Å². The Morgan fingerprint density at radius 3 is 1.71 bits per heavy atom. The lowest BCUT2D eigenvalue weighted by Gasteiger charge is -2.40. The minimum absolute atomic E-state index is 0.257. The van der Waals surface area contributed by atoms with Gasteiger partial charge in [0.15, 0.2) is 6.29 Å². The Balaban J connectivity index is 2.48. The van der Waals surface area contributed by atoms with Crippen LogP contribution >= 0.6 is 0 Å². The van der Waals surface area contributed by atoms with E-state index >= 15 is 0 Å². The first-order valence-corrected chi connectivity index (χ1v) is 20.0. The molecule has 10 nitrogen and oxygen atoms in total. The second-order valence-electron chi connectivity index (χ2n) is 14.2. The highest BCUT2D eigenvalue weighted by Crippen LogP contribution is 2.23. The number of aliphatic hydroxyl groups is 6. The van der Waals surface area contributed by atoms with E-state index in [4.69, 9.17) is 9.47 Å². The van der Waals surface area contributed by atoms with E-state index < -0.39 is 61.5 Å². The molecule has 0 spiro atoms. The number of ether oxygens (including phenoxy) is 2. The van der Waals surface area contributed by atoms with Crippen LogP contribution in [0.3, 0.4) is 0 Å². The van der Waals surface area contributed by atoms with Crippen LogP contribution in [-0.2, 0) is 14.3 Å². The SMILES string of the molecule is CCCC/C=C\CCCCCCC(O)C(=O)NC(COC1OC(CO)C(O)C(O)C1O)C(O)CCCCCCCCCCCCCCCC. The molecule has 290 valence electrons. The number of allylic oxidation sites excluding steroid dienone is 2. The summed E-state index contributed by atoms with van der Waals surface area (Å²) in [5, 5.41) is 64.4. The fourth-order valence-electron chi connectivity index (χ4n) is 6.32. The van der Waals surface area contributed by atoms with Gasteiger partial charge >= 0.3 is 0 Å². The minimum atomic E-state index is -1.59. The van der Waals surface area contributed by atoms with Crippen molar-refractivity contribution in [3.05, 3.63) is 12.2 Å². The Labute approximate surface area is 298 Å². The van der Waals surface area contributed by atoms with Crippen molar-refractivity contribution in [1.29, 1.82) is 0 Å². The van der Waals surface area contributed by atoms with Gasteiger partial charge in [-0.25, -0.2) is 0 Å². The summed E-state index contributed by atoms with van der Waals surface area (Å²) in [6.45, 7) is 3.59. The number of carbonyl (C=O) groups excluding carboxylic acids is 1. The summed E-state index contributed by atoms with van der Waals surface area (Å²) >= 11 is 0. The molecule has 10 heteroatoms. The van der Waals surface area contributed by atoms with Gasteiger partial charge in [-0.15, -0.1) is 0 Å². The quantitative estimate of drug-likeness (QED) is 0.0330. The highest BCUT2D eigenvalue weighted by atomic mass is 16.7. The van der Waals surface area contributed by atoms with Gasteiger partial charge < -0.3 is 45.4 Å².